The van der Waals surface area contributed by atoms with Crippen molar-refractivity contribution in [2.75, 3.05) is 36.0 Å². The molecule has 0 bridgehead atoms. The molecule has 21 heavy (non-hydrogen) atoms. The minimum Gasteiger partial charge on any atom is -0.368 e. The molecule has 0 amide bonds. The molecule has 2 heterocycles. The van der Waals surface area contributed by atoms with E-state index in [-0.39, 0.29) is 5.56 Å². The number of nitrogens with one attached hydrogen (secondary N) is 1. The van der Waals surface area contributed by atoms with E-state index in [2.05, 4.69) is 25.8 Å². The van der Waals surface area contributed by atoms with E-state index in [1.165, 1.54) is 0 Å². The monoisotopic (exact) mass is 304 g/mol. The molecule has 0 atom stereocenters. The van der Waals surface area contributed by atoms with Crippen molar-refractivity contribution in [3.8, 4) is 0 Å². The van der Waals surface area contributed by atoms with E-state index in [0.717, 1.165) is 42.7 Å². The van der Waals surface area contributed by atoms with Gasteiger partial charge in [0.05, 0.1) is 0 Å². The van der Waals surface area contributed by atoms with Crippen molar-refractivity contribution >= 4 is 23.1 Å². The molecule has 0 aliphatic carbocycles. The van der Waals surface area contributed by atoms with Crippen LogP contribution in [0.2, 0.25) is 5.02 Å². The molecule has 3 rings (SSSR count). The molecule has 1 aromatic heterocycles. The fourth-order valence-electron chi connectivity index (χ4n) is 2.59. The molecule has 0 spiro atoms. The second-order valence-corrected chi connectivity index (χ2v) is 5.58. The number of aromatic amines is 1. The Morgan fingerprint density at radius 1 is 1.14 bits per heavy atom. The lowest BCUT2D eigenvalue weighted by atomic mass is 10.2. The highest BCUT2D eigenvalue weighted by atomic mass is 35.5. The molecule has 1 aliphatic heterocycles. The van der Waals surface area contributed by atoms with Crippen LogP contribution in [0.4, 0.5) is 11.5 Å². The molecule has 1 saturated heterocycles. The first-order chi connectivity index (χ1) is 10.1. The van der Waals surface area contributed by atoms with Gasteiger partial charge in [0, 0.05) is 43.0 Å². The molecule has 0 saturated carbocycles. The number of nitrogens with zero attached hydrogens (tertiary/aromatic N) is 3. The van der Waals surface area contributed by atoms with Crippen LogP contribution in [0, 0.1) is 6.92 Å². The summed E-state index contributed by atoms with van der Waals surface area (Å²) in [6.45, 7) is 5.24. The van der Waals surface area contributed by atoms with Crippen LogP contribution in [0.5, 0.6) is 0 Å². The van der Waals surface area contributed by atoms with E-state index in [4.69, 9.17) is 11.6 Å². The van der Waals surface area contributed by atoms with Gasteiger partial charge in [-0.1, -0.05) is 17.7 Å². The first-order valence-electron chi connectivity index (χ1n) is 6.95. The van der Waals surface area contributed by atoms with E-state index in [0.29, 0.717) is 5.82 Å². The molecule has 0 unspecified atom stereocenters. The minimum absolute atomic E-state index is 0.102. The largest absolute Gasteiger partial charge is 0.368 e. The molecule has 1 aromatic carbocycles. The predicted octanol–water partition coefficient (Wildman–Crippen LogP) is 2.06. The fraction of sp³-hybridized carbons (Fsp3) is 0.333. The van der Waals surface area contributed by atoms with Crippen molar-refractivity contribution in [1.29, 1.82) is 0 Å². The standard InChI is InChI=1S/C15H17ClN4O/c1-11-17-14(10-15(21)18-11)20-7-5-19(6-8-20)13-4-2-3-12(16)9-13/h2-4,9-10H,5-8H2,1H3,(H,17,18,21). The highest BCUT2D eigenvalue weighted by molar-refractivity contribution is 6.30. The first kappa shape index (κ1) is 13.9. The van der Waals surface area contributed by atoms with Crippen LogP contribution in [0.1, 0.15) is 5.82 Å². The van der Waals surface area contributed by atoms with Gasteiger partial charge in [-0.05, 0) is 25.1 Å². The van der Waals surface area contributed by atoms with E-state index in [1.54, 1.807) is 13.0 Å². The summed E-state index contributed by atoms with van der Waals surface area (Å²) in [5.74, 6) is 1.40. The lowest BCUT2D eigenvalue weighted by Crippen LogP contribution is -2.47. The summed E-state index contributed by atoms with van der Waals surface area (Å²) >= 11 is 6.04. The summed E-state index contributed by atoms with van der Waals surface area (Å²) in [5, 5.41) is 0.752. The number of rotatable bonds is 2. The van der Waals surface area contributed by atoms with Crippen LogP contribution >= 0.6 is 11.6 Å². The van der Waals surface area contributed by atoms with Crippen molar-refractivity contribution in [2.24, 2.45) is 0 Å². The van der Waals surface area contributed by atoms with Gasteiger partial charge in [-0.3, -0.25) is 4.79 Å². The molecule has 1 aliphatic rings. The summed E-state index contributed by atoms with van der Waals surface area (Å²) in [6, 6.07) is 9.45. The number of piperazine rings is 1. The Morgan fingerprint density at radius 3 is 2.52 bits per heavy atom. The van der Waals surface area contributed by atoms with Crippen molar-refractivity contribution in [1.82, 2.24) is 9.97 Å². The van der Waals surface area contributed by atoms with Gasteiger partial charge in [-0.15, -0.1) is 0 Å². The molecule has 2 aromatic rings. The Kier molecular flexibility index (Phi) is 3.84. The van der Waals surface area contributed by atoms with E-state index < -0.39 is 0 Å². The van der Waals surface area contributed by atoms with Gasteiger partial charge in [0.25, 0.3) is 5.56 Å². The third-order valence-electron chi connectivity index (χ3n) is 3.62. The predicted molar refractivity (Wildman–Crippen MR) is 85.5 cm³/mol. The molecule has 0 radical (unpaired) electrons. The minimum atomic E-state index is -0.102. The maximum absolute atomic E-state index is 11.5. The third kappa shape index (κ3) is 3.19. The average molecular weight is 305 g/mol. The number of halogens is 1. The van der Waals surface area contributed by atoms with Crippen molar-refractivity contribution in [3.05, 3.63) is 51.5 Å². The SMILES string of the molecule is Cc1nc(N2CCN(c3cccc(Cl)c3)CC2)cc(=O)[nH]1. The summed E-state index contributed by atoms with van der Waals surface area (Å²) in [7, 11) is 0. The Bertz CT molecular complexity index is 692. The fourth-order valence-corrected chi connectivity index (χ4v) is 2.78. The highest BCUT2D eigenvalue weighted by Crippen LogP contribution is 2.21. The summed E-state index contributed by atoms with van der Waals surface area (Å²) in [6.07, 6.45) is 0. The Labute approximate surface area is 128 Å². The third-order valence-corrected chi connectivity index (χ3v) is 3.86. The quantitative estimate of drug-likeness (QED) is 0.923. The van der Waals surface area contributed by atoms with Crippen LogP contribution in [0.3, 0.4) is 0 Å². The van der Waals surface area contributed by atoms with Crippen LogP contribution in [0.25, 0.3) is 0 Å². The molecule has 1 N–H and O–H groups in total. The van der Waals surface area contributed by atoms with Crippen LogP contribution in [0.15, 0.2) is 35.1 Å². The van der Waals surface area contributed by atoms with E-state index in [9.17, 15) is 4.79 Å². The Balaban J connectivity index is 1.71. The number of aryl methyl sites for hydroxylation is 1. The number of benzene rings is 1. The molecular formula is C15H17ClN4O. The number of anilines is 2. The molecule has 5 nitrogen and oxygen atoms in total. The zero-order valence-electron chi connectivity index (χ0n) is 11.8. The second-order valence-electron chi connectivity index (χ2n) is 5.14. The molecule has 110 valence electrons. The lowest BCUT2D eigenvalue weighted by molar-refractivity contribution is 0.645. The smallest absolute Gasteiger partial charge is 0.252 e. The average Bonchev–Trinajstić information content (AvgIpc) is 2.46. The number of aromatic nitrogens is 2. The zero-order valence-corrected chi connectivity index (χ0v) is 12.6. The van der Waals surface area contributed by atoms with Crippen molar-refractivity contribution in [3.63, 3.8) is 0 Å². The van der Waals surface area contributed by atoms with Crippen molar-refractivity contribution in [2.45, 2.75) is 6.92 Å². The zero-order chi connectivity index (χ0) is 14.8. The van der Waals surface area contributed by atoms with Crippen molar-refractivity contribution < 1.29 is 0 Å². The summed E-state index contributed by atoms with van der Waals surface area (Å²) < 4.78 is 0. The summed E-state index contributed by atoms with van der Waals surface area (Å²) in [4.78, 5) is 23.0. The number of H-pyrrole nitrogens is 1. The van der Waals surface area contributed by atoms with Gasteiger partial charge < -0.3 is 14.8 Å². The van der Waals surface area contributed by atoms with Gasteiger partial charge in [-0.2, -0.15) is 0 Å². The van der Waals surface area contributed by atoms with Gasteiger partial charge in [0.15, 0.2) is 0 Å². The normalized spacial score (nSPS) is 15.3. The molecule has 1 fully saturated rings. The Morgan fingerprint density at radius 2 is 1.86 bits per heavy atom. The van der Waals surface area contributed by atoms with Gasteiger partial charge >= 0.3 is 0 Å². The van der Waals surface area contributed by atoms with Gasteiger partial charge in [0.2, 0.25) is 0 Å². The van der Waals surface area contributed by atoms with Crippen LogP contribution < -0.4 is 15.4 Å². The van der Waals surface area contributed by atoms with Crippen LogP contribution in [-0.4, -0.2) is 36.1 Å². The topological polar surface area (TPSA) is 52.2 Å². The first-order valence-corrected chi connectivity index (χ1v) is 7.33. The van der Waals surface area contributed by atoms with E-state index in [1.807, 2.05) is 18.2 Å². The van der Waals surface area contributed by atoms with Gasteiger partial charge in [-0.25, -0.2) is 4.98 Å². The van der Waals surface area contributed by atoms with E-state index >= 15 is 0 Å². The molecular weight excluding hydrogens is 288 g/mol. The lowest BCUT2D eigenvalue weighted by Gasteiger charge is -2.36. The summed E-state index contributed by atoms with van der Waals surface area (Å²) in [5.41, 5.74) is 1.03. The van der Waals surface area contributed by atoms with Gasteiger partial charge in [0.1, 0.15) is 11.6 Å². The maximum atomic E-state index is 11.5. The second kappa shape index (κ2) is 5.77. The highest BCUT2D eigenvalue weighted by Gasteiger charge is 2.19. The van der Waals surface area contributed by atoms with Crippen LogP contribution in [-0.2, 0) is 0 Å². The maximum Gasteiger partial charge on any atom is 0.252 e. The molecule has 6 heteroatoms. The Hall–Kier alpha value is -2.01. The number of hydrogen-bond acceptors (Lipinski definition) is 4. The number of hydrogen-bond donors (Lipinski definition) is 1.